The third-order valence-electron chi connectivity index (χ3n) is 5.18. The maximum Gasteiger partial charge on any atom is 0.254 e. The van der Waals surface area contributed by atoms with E-state index in [9.17, 15) is 9.18 Å². The van der Waals surface area contributed by atoms with Crippen LogP contribution < -0.4 is 5.32 Å². The number of carbonyl (C=O) groups is 1. The van der Waals surface area contributed by atoms with Gasteiger partial charge in [0.15, 0.2) is 0 Å². The highest BCUT2D eigenvalue weighted by atomic mass is 19.1. The summed E-state index contributed by atoms with van der Waals surface area (Å²) in [5, 5.41) is 2.80. The largest absolute Gasteiger partial charge is 0.352 e. The minimum absolute atomic E-state index is 0.0732. The van der Waals surface area contributed by atoms with Gasteiger partial charge in [-0.15, -0.1) is 0 Å². The third kappa shape index (κ3) is 4.40. The van der Waals surface area contributed by atoms with Gasteiger partial charge in [0.05, 0.1) is 16.6 Å². The molecular formula is C25H24FN3O. The molecule has 1 heterocycles. The number of hydrogen-bond acceptors (Lipinski definition) is 2. The molecule has 0 aliphatic heterocycles. The predicted octanol–water partition coefficient (Wildman–Crippen LogP) is 4.89. The van der Waals surface area contributed by atoms with Gasteiger partial charge in [-0.2, -0.15) is 0 Å². The molecule has 1 amide bonds. The molecule has 0 unspecified atom stereocenters. The van der Waals surface area contributed by atoms with Gasteiger partial charge >= 0.3 is 0 Å². The Morgan fingerprint density at radius 1 is 1.00 bits per heavy atom. The van der Waals surface area contributed by atoms with Crippen molar-refractivity contribution < 1.29 is 9.18 Å². The van der Waals surface area contributed by atoms with Gasteiger partial charge < -0.3 is 9.88 Å². The first-order valence-corrected chi connectivity index (χ1v) is 10.1. The van der Waals surface area contributed by atoms with Gasteiger partial charge in [0.2, 0.25) is 0 Å². The van der Waals surface area contributed by atoms with Crippen LogP contribution in [-0.2, 0) is 13.0 Å². The quantitative estimate of drug-likeness (QED) is 0.448. The van der Waals surface area contributed by atoms with Crippen LogP contribution in [0.25, 0.3) is 11.0 Å². The number of aromatic nitrogens is 2. The molecule has 4 rings (SSSR count). The van der Waals surface area contributed by atoms with Crippen LogP contribution in [0, 0.1) is 12.7 Å². The summed E-state index contributed by atoms with van der Waals surface area (Å²) in [5.74, 6) is 0.0908. The first-order chi connectivity index (χ1) is 14.6. The summed E-state index contributed by atoms with van der Waals surface area (Å²) in [7, 11) is 0. The Bertz CT molecular complexity index is 1160. The molecule has 0 bridgehead atoms. The zero-order chi connectivity index (χ0) is 20.9. The van der Waals surface area contributed by atoms with Crippen LogP contribution in [-0.4, -0.2) is 22.0 Å². The molecular weight excluding hydrogens is 377 g/mol. The summed E-state index contributed by atoms with van der Waals surface area (Å²) in [6.45, 7) is 3.29. The monoisotopic (exact) mass is 401 g/mol. The number of para-hydroxylation sites is 2. The number of aryl methyl sites for hydroxylation is 2. The van der Waals surface area contributed by atoms with E-state index in [1.807, 2.05) is 18.2 Å². The van der Waals surface area contributed by atoms with E-state index in [0.29, 0.717) is 6.54 Å². The zero-order valence-corrected chi connectivity index (χ0v) is 16.9. The van der Waals surface area contributed by atoms with E-state index in [0.717, 1.165) is 36.2 Å². The van der Waals surface area contributed by atoms with E-state index in [1.54, 1.807) is 12.1 Å². The Hall–Kier alpha value is -3.47. The summed E-state index contributed by atoms with van der Waals surface area (Å²) in [6.07, 6.45) is 1.44. The van der Waals surface area contributed by atoms with E-state index < -0.39 is 5.82 Å². The number of amides is 1. The molecule has 0 saturated carbocycles. The number of halogens is 1. The fourth-order valence-electron chi connectivity index (χ4n) is 3.56. The van der Waals surface area contributed by atoms with Crippen molar-refractivity contribution in [3.8, 4) is 0 Å². The maximum absolute atomic E-state index is 13.7. The molecule has 0 aliphatic carbocycles. The van der Waals surface area contributed by atoms with E-state index in [4.69, 9.17) is 4.98 Å². The van der Waals surface area contributed by atoms with Gasteiger partial charge in [-0.1, -0.05) is 54.1 Å². The van der Waals surface area contributed by atoms with E-state index in [-0.39, 0.29) is 11.5 Å². The van der Waals surface area contributed by atoms with Crippen molar-refractivity contribution in [1.29, 1.82) is 0 Å². The zero-order valence-electron chi connectivity index (χ0n) is 16.9. The van der Waals surface area contributed by atoms with Crippen molar-refractivity contribution in [2.75, 3.05) is 6.54 Å². The van der Waals surface area contributed by atoms with Gasteiger partial charge in [0, 0.05) is 19.5 Å². The Morgan fingerprint density at radius 2 is 1.73 bits per heavy atom. The summed E-state index contributed by atoms with van der Waals surface area (Å²) in [4.78, 5) is 17.0. The number of nitrogens with one attached hydrogen (secondary N) is 1. The molecule has 0 atom stereocenters. The van der Waals surface area contributed by atoms with Crippen LogP contribution in [0.3, 0.4) is 0 Å². The second-order valence-corrected chi connectivity index (χ2v) is 7.43. The minimum Gasteiger partial charge on any atom is -0.352 e. The molecule has 152 valence electrons. The normalized spacial score (nSPS) is 11.0. The number of nitrogens with zero attached hydrogens (tertiary/aromatic N) is 2. The Morgan fingerprint density at radius 3 is 2.53 bits per heavy atom. The Kier molecular flexibility index (Phi) is 5.89. The molecule has 1 N–H and O–H groups in total. The van der Waals surface area contributed by atoms with Crippen molar-refractivity contribution >= 4 is 16.9 Å². The van der Waals surface area contributed by atoms with Gasteiger partial charge in [0.25, 0.3) is 5.91 Å². The minimum atomic E-state index is -0.505. The fourth-order valence-corrected chi connectivity index (χ4v) is 3.56. The first kappa shape index (κ1) is 19.8. The molecule has 0 fully saturated rings. The number of benzene rings is 3. The molecule has 4 aromatic rings. The van der Waals surface area contributed by atoms with Gasteiger partial charge in [-0.3, -0.25) is 4.79 Å². The van der Waals surface area contributed by atoms with Crippen LogP contribution in [0.15, 0.2) is 72.8 Å². The van der Waals surface area contributed by atoms with Crippen LogP contribution in [0.5, 0.6) is 0 Å². The average Bonchev–Trinajstić information content (AvgIpc) is 3.10. The third-order valence-corrected chi connectivity index (χ3v) is 5.18. The molecule has 5 heteroatoms. The fraction of sp³-hybridized carbons (Fsp3) is 0.200. The lowest BCUT2D eigenvalue weighted by atomic mass is 10.1. The van der Waals surface area contributed by atoms with Crippen molar-refractivity contribution in [2.24, 2.45) is 0 Å². The molecule has 0 spiro atoms. The van der Waals surface area contributed by atoms with Crippen LogP contribution in [0.4, 0.5) is 4.39 Å². The maximum atomic E-state index is 13.7. The van der Waals surface area contributed by atoms with Crippen molar-refractivity contribution in [3.63, 3.8) is 0 Å². The van der Waals surface area contributed by atoms with Crippen LogP contribution >= 0.6 is 0 Å². The highest BCUT2D eigenvalue weighted by Gasteiger charge is 2.12. The molecule has 0 saturated heterocycles. The number of hydrogen-bond donors (Lipinski definition) is 1. The second-order valence-electron chi connectivity index (χ2n) is 7.43. The van der Waals surface area contributed by atoms with E-state index >= 15 is 0 Å². The molecule has 1 aromatic heterocycles. The number of carbonyl (C=O) groups excluding carboxylic acids is 1. The van der Waals surface area contributed by atoms with Crippen LogP contribution in [0.1, 0.15) is 33.7 Å². The highest BCUT2D eigenvalue weighted by Crippen LogP contribution is 2.19. The Labute approximate surface area is 175 Å². The van der Waals surface area contributed by atoms with Gasteiger partial charge in [0.1, 0.15) is 11.6 Å². The number of fused-ring (bicyclic) bond motifs is 1. The number of imidazole rings is 1. The van der Waals surface area contributed by atoms with E-state index in [1.165, 1.54) is 23.3 Å². The van der Waals surface area contributed by atoms with Crippen molar-refractivity contribution in [1.82, 2.24) is 14.9 Å². The molecule has 0 aliphatic rings. The summed E-state index contributed by atoms with van der Waals surface area (Å²) >= 11 is 0. The molecule has 30 heavy (non-hydrogen) atoms. The van der Waals surface area contributed by atoms with E-state index in [2.05, 4.69) is 47.1 Å². The highest BCUT2D eigenvalue weighted by molar-refractivity contribution is 5.94. The topological polar surface area (TPSA) is 46.9 Å². The number of rotatable bonds is 7. The van der Waals surface area contributed by atoms with Gasteiger partial charge in [-0.05, 0) is 43.2 Å². The SMILES string of the molecule is Cc1ccc(Cn2c(CCCNC(=O)c3ccccc3F)nc3ccccc32)cc1. The average molecular weight is 401 g/mol. The lowest BCUT2D eigenvalue weighted by Crippen LogP contribution is -2.25. The van der Waals surface area contributed by atoms with Crippen molar-refractivity contribution in [3.05, 3.63) is 101 Å². The predicted molar refractivity (Wildman–Crippen MR) is 117 cm³/mol. The van der Waals surface area contributed by atoms with Crippen molar-refractivity contribution in [2.45, 2.75) is 26.3 Å². The second kappa shape index (κ2) is 8.91. The first-order valence-electron chi connectivity index (χ1n) is 10.1. The van der Waals surface area contributed by atoms with Crippen LogP contribution in [0.2, 0.25) is 0 Å². The summed E-state index contributed by atoms with van der Waals surface area (Å²) < 4.78 is 16.0. The smallest absolute Gasteiger partial charge is 0.254 e. The summed E-state index contributed by atoms with van der Waals surface area (Å²) in [5.41, 5.74) is 4.60. The standard InChI is InChI=1S/C25H24FN3O/c1-18-12-14-19(15-13-18)17-29-23-10-5-4-9-22(23)28-24(29)11-6-16-27-25(30)20-7-2-3-8-21(20)26/h2-5,7-10,12-15H,6,11,16-17H2,1H3,(H,27,30). The molecule has 0 radical (unpaired) electrons. The lowest BCUT2D eigenvalue weighted by molar-refractivity contribution is 0.0949. The Balaban J connectivity index is 1.45. The molecule has 4 nitrogen and oxygen atoms in total. The summed E-state index contributed by atoms with van der Waals surface area (Å²) in [6, 6.07) is 22.6. The van der Waals surface area contributed by atoms with Gasteiger partial charge in [-0.25, -0.2) is 9.37 Å². The molecule has 3 aromatic carbocycles. The lowest BCUT2D eigenvalue weighted by Gasteiger charge is -2.10.